The molecule has 0 spiro atoms. The van der Waals surface area contributed by atoms with E-state index < -0.39 is 10.0 Å². The fourth-order valence-electron chi connectivity index (χ4n) is 2.09. The topological polar surface area (TPSA) is 112 Å². The molecule has 0 aliphatic rings. The molecule has 1 aromatic carbocycles. The van der Waals surface area contributed by atoms with Gasteiger partial charge in [0.1, 0.15) is 12.4 Å². The predicted molar refractivity (Wildman–Crippen MR) is 87.9 cm³/mol. The molecule has 2 rings (SSSR count). The van der Waals surface area contributed by atoms with Crippen molar-refractivity contribution in [1.82, 2.24) is 5.32 Å². The van der Waals surface area contributed by atoms with E-state index in [0.29, 0.717) is 31.7 Å². The molecule has 0 saturated heterocycles. The SMILES string of the molecule is Cc1ccc(C(=O)NCCCOCc2ccco2)cc1S(N)(=O)=O. The molecule has 7 nitrogen and oxygen atoms in total. The van der Waals surface area contributed by atoms with Gasteiger partial charge in [-0.25, -0.2) is 13.6 Å². The van der Waals surface area contributed by atoms with Gasteiger partial charge in [-0.3, -0.25) is 4.79 Å². The standard InChI is InChI=1S/C16H20N2O5S/c1-12-5-6-13(10-15(12)24(17,20)21)16(19)18-7-3-8-22-11-14-4-2-9-23-14/h2,4-6,9-10H,3,7-8,11H2,1H3,(H,18,19)(H2,17,20,21). The second kappa shape index (κ2) is 8.09. The Morgan fingerprint density at radius 3 is 2.79 bits per heavy atom. The van der Waals surface area contributed by atoms with E-state index in [-0.39, 0.29) is 16.4 Å². The Labute approximate surface area is 140 Å². The third-order valence-electron chi connectivity index (χ3n) is 3.33. The zero-order valence-corrected chi connectivity index (χ0v) is 14.1. The van der Waals surface area contributed by atoms with Crippen LogP contribution in [0.4, 0.5) is 0 Å². The summed E-state index contributed by atoms with van der Waals surface area (Å²) in [7, 11) is -3.85. The maximum atomic E-state index is 12.1. The molecule has 0 radical (unpaired) electrons. The van der Waals surface area contributed by atoms with E-state index in [9.17, 15) is 13.2 Å². The van der Waals surface area contributed by atoms with Crippen LogP contribution in [-0.4, -0.2) is 27.5 Å². The first-order valence-corrected chi connectivity index (χ1v) is 8.94. The number of hydrogen-bond donors (Lipinski definition) is 2. The molecule has 0 fully saturated rings. The van der Waals surface area contributed by atoms with Crippen LogP contribution in [0.2, 0.25) is 0 Å². The second-order valence-corrected chi connectivity index (χ2v) is 6.80. The predicted octanol–water partition coefficient (Wildman–Crippen LogP) is 1.57. The van der Waals surface area contributed by atoms with Crippen LogP contribution < -0.4 is 10.5 Å². The van der Waals surface area contributed by atoms with Crippen LogP contribution in [-0.2, 0) is 21.4 Å². The highest BCUT2D eigenvalue weighted by atomic mass is 32.2. The van der Waals surface area contributed by atoms with Crippen LogP contribution >= 0.6 is 0 Å². The summed E-state index contributed by atoms with van der Waals surface area (Å²) >= 11 is 0. The molecule has 0 atom stereocenters. The average Bonchev–Trinajstić information content (AvgIpc) is 3.03. The van der Waals surface area contributed by atoms with Crippen molar-refractivity contribution in [3.8, 4) is 0 Å². The molecule has 0 aliphatic heterocycles. The monoisotopic (exact) mass is 352 g/mol. The highest BCUT2D eigenvalue weighted by Crippen LogP contribution is 2.15. The number of rotatable bonds is 8. The van der Waals surface area contributed by atoms with E-state index in [1.165, 1.54) is 6.07 Å². The minimum atomic E-state index is -3.85. The van der Waals surface area contributed by atoms with E-state index in [0.717, 1.165) is 5.76 Å². The minimum Gasteiger partial charge on any atom is -0.467 e. The first kappa shape index (κ1) is 18.2. The third-order valence-corrected chi connectivity index (χ3v) is 4.39. The molecule has 0 unspecified atom stereocenters. The Kier molecular flexibility index (Phi) is 6.13. The highest BCUT2D eigenvalue weighted by Gasteiger charge is 2.14. The van der Waals surface area contributed by atoms with Crippen molar-refractivity contribution in [1.29, 1.82) is 0 Å². The van der Waals surface area contributed by atoms with Gasteiger partial charge in [0, 0.05) is 18.7 Å². The minimum absolute atomic E-state index is 0.0445. The molecule has 1 aromatic heterocycles. The molecule has 3 N–H and O–H groups in total. The fraction of sp³-hybridized carbons (Fsp3) is 0.312. The van der Waals surface area contributed by atoms with Crippen LogP contribution in [0.15, 0.2) is 45.9 Å². The maximum absolute atomic E-state index is 12.1. The molecule has 24 heavy (non-hydrogen) atoms. The molecule has 0 bridgehead atoms. The molecule has 0 aliphatic carbocycles. The molecule has 1 heterocycles. The highest BCUT2D eigenvalue weighted by molar-refractivity contribution is 7.89. The molecule has 0 saturated carbocycles. The summed E-state index contributed by atoms with van der Waals surface area (Å²) in [6, 6.07) is 8.01. The van der Waals surface area contributed by atoms with Gasteiger partial charge in [0.2, 0.25) is 10.0 Å². The molecular weight excluding hydrogens is 332 g/mol. The summed E-state index contributed by atoms with van der Waals surface area (Å²) < 4.78 is 33.5. The van der Waals surface area contributed by atoms with Crippen molar-refractivity contribution < 1.29 is 22.4 Å². The van der Waals surface area contributed by atoms with Crippen molar-refractivity contribution in [2.45, 2.75) is 24.8 Å². The number of amides is 1. The lowest BCUT2D eigenvalue weighted by Crippen LogP contribution is -2.26. The molecule has 8 heteroatoms. The van der Waals surface area contributed by atoms with E-state index >= 15 is 0 Å². The molecule has 2 aromatic rings. The van der Waals surface area contributed by atoms with Gasteiger partial charge in [0.25, 0.3) is 5.91 Å². The summed E-state index contributed by atoms with van der Waals surface area (Å²) in [5.41, 5.74) is 0.751. The Balaban J connectivity index is 1.78. The van der Waals surface area contributed by atoms with Crippen LogP contribution in [0.1, 0.15) is 28.1 Å². The van der Waals surface area contributed by atoms with Crippen LogP contribution in [0.3, 0.4) is 0 Å². The molecule has 1 amide bonds. The molecular formula is C16H20N2O5S. The lowest BCUT2D eigenvalue weighted by molar-refractivity contribution is 0.0917. The van der Waals surface area contributed by atoms with E-state index in [2.05, 4.69) is 5.32 Å². The summed E-state index contributed by atoms with van der Waals surface area (Å²) in [5, 5.41) is 7.85. The second-order valence-electron chi connectivity index (χ2n) is 5.27. The number of primary sulfonamides is 1. The number of carbonyl (C=O) groups is 1. The summed E-state index contributed by atoms with van der Waals surface area (Å²) in [6.07, 6.45) is 2.21. The molecule has 130 valence electrons. The summed E-state index contributed by atoms with van der Waals surface area (Å²) in [4.78, 5) is 12.0. The van der Waals surface area contributed by atoms with E-state index in [1.807, 2.05) is 6.07 Å². The van der Waals surface area contributed by atoms with Crippen molar-refractivity contribution in [3.63, 3.8) is 0 Å². The number of benzene rings is 1. The Morgan fingerprint density at radius 1 is 1.33 bits per heavy atom. The smallest absolute Gasteiger partial charge is 0.251 e. The lowest BCUT2D eigenvalue weighted by atomic mass is 10.1. The van der Waals surface area contributed by atoms with Gasteiger partial charge in [-0.05, 0) is 43.2 Å². The van der Waals surface area contributed by atoms with Crippen molar-refractivity contribution in [2.75, 3.05) is 13.2 Å². The number of furan rings is 1. The number of sulfonamides is 1. The third kappa shape index (κ3) is 5.19. The van der Waals surface area contributed by atoms with E-state index in [4.69, 9.17) is 14.3 Å². The summed E-state index contributed by atoms with van der Waals surface area (Å²) in [6.45, 7) is 2.89. The number of ether oxygens (including phenoxy) is 1. The number of hydrogen-bond acceptors (Lipinski definition) is 5. The Hall–Kier alpha value is -2.16. The lowest BCUT2D eigenvalue weighted by Gasteiger charge is -2.08. The number of nitrogens with two attached hydrogens (primary N) is 1. The van der Waals surface area contributed by atoms with Crippen molar-refractivity contribution >= 4 is 15.9 Å². The zero-order chi connectivity index (χ0) is 17.6. The van der Waals surface area contributed by atoms with Crippen molar-refractivity contribution in [3.05, 3.63) is 53.5 Å². The van der Waals surface area contributed by atoms with Crippen LogP contribution in [0.5, 0.6) is 0 Å². The van der Waals surface area contributed by atoms with Crippen LogP contribution in [0.25, 0.3) is 0 Å². The normalized spacial score (nSPS) is 11.4. The van der Waals surface area contributed by atoms with Crippen LogP contribution in [0, 0.1) is 6.92 Å². The van der Waals surface area contributed by atoms with Gasteiger partial charge in [-0.2, -0.15) is 0 Å². The fourth-order valence-corrected chi connectivity index (χ4v) is 2.90. The first-order chi connectivity index (χ1) is 11.4. The quantitative estimate of drug-likeness (QED) is 0.701. The Morgan fingerprint density at radius 2 is 2.12 bits per heavy atom. The first-order valence-electron chi connectivity index (χ1n) is 7.39. The number of nitrogens with one attached hydrogen (secondary N) is 1. The van der Waals surface area contributed by atoms with Gasteiger partial charge >= 0.3 is 0 Å². The van der Waals surface area contributed by atoms with Crippen molar-refractivity contribution in [2.24, 2.45) is 5.14 Å². The maximum Gasteiger partial charge on any atom is 0.251 e. The van der Waals surface area contributed by atoms with Gasteiger partial charge in [0.15, 0.2) is 0 Å². The summed E-state index contributed by atoms with van der Waals surface area (Å²) in [5.74, 6) is 0.389. The Bertz CT molecular complexity index is 785. The average molecular weight is 352 g/mol. The zero-order valence-electron chi connectivity index (χ0n) is 13.3. The van der Waals surface area contributed by atoms with Gasteiger partial charge in [-0.15, -0.1) is 0 Å². The number of aryl methyl sites for hydroxylation is 1. The number of carbonyl (C=O) groups excluding carboxylic acids is 1. The van der Waals surface area contributed by atoms with Gasteiger partial charge in [-0.1, -0.05) is 6.07 Å². The largest absolute Gasteiger partial charge is 0.467 e. The van der Waals surface area contributed by atoms with Gasteiger partial charge < -0.3 is 14.5 Å². The van der Waals surface area contributed by atoms with Gasteiger partial charge in [0.05, 0.1) is 11.2 Å². The van der Waals surface area contributed by atoms with E-state index in [1.54, 1.807) is 31.4 Å².